The van der Waals surface area contributed by atoms with E-state index in [0.29, 0.717) is 29.4 Å². The molecule has 0 radical (unpaired) electrons. The molecule has 160 valence electrons. The molecule has 0 aliphatic carbocycles. The van der Waals surface area contributed by atoms with Gasteiger partial charge in [-0.1, -0.05) is 30.3 Å². The molecule has 4 aromatic rings. The third-order valence-corrected chi connectivity index (χ3v) is 5.72. The molecule has 5 nitrogen and oxygen atoms in total. The quantitative estimate of drug-likeness (QED) is 0.386. The number of fused-ring (bicyclic) bond motifs is 2. The van der Waals surface area contributed by atoms with Crippen LogP contribution in [0.3, 0.4) is 0 Å². The van der Waals surface area contributed by atoms with E-state index in [1.165, 1.54) is 0 Å². The SMILES string of the molecule is COc1ccc(COc2cc(C)c3c(c2)O/C(=C\c2cn(C)c4ccccc24)C3=O)cc1. The molecule has 0 N–H and O–H groups in total. The monoisotopic (exact) mass is 425 g/mol. The van der Waals surface area contributed by atoms with Gasteiger partial charge >= 0.3 is 0 Å². The van der Waals surface area contributed by atoms with Gasteiger partial charge in [-0.3, -0.25) is 4.79 Å². The number of carbonyl (C=O) groups excluding carboxylic acids is 1. The predicted molar refractivity (Wildman–Crippen MR) is 124 cm³/mol. The van der Waals surface area contributed by atoms with Gasteiger partial charge in [-0.2, -0.15) is 0 Å². The Kier molecular flexibility index (Phi) is 4.94. The molecule has 1 aliphatic heterocycles. The maximum absolute atomic E-state index is 13.1. The summed E-state index contributed by atoms with van der Waals surface area (Å²) in [5.41, 5.74) is 4.50. The van der Waals surface area contributed by atoms with Crippen LogP contribution in [0.15, 0.2) is 72.6 Å². The van der Waals surface area contributed by atoms with Crippen LogP contribution in [-0.2, 0) is 13.7 Å². The number of aryl methyl sites for hydroxylation is 2. The van der Waals surface area contributed by atoms with Crippen molar-refractivity contribution < 1.29 is 19.0 Å². The van der Waals surface area contributed by atoms with Crippen LogP contribution >= 0.6 is 0 Å². The maximum Gasteiger partial charge on any atom is 0.232 e. The second-order valence-electron chi connectivity index (χ2n) is 7.90. The fourth-order valence-electron chi connectivity index (χ4n) is 4.08. The maximum atomic E-state index is 13.1. The van der Waals surface area contributed by atoms with Crippen molar-refractivity contribution in [2.75, 3.05) is 7.11 Å². The van der Waals surface area contributed by atoms with Crippen LogP contribution in [-0.4, -0.2) is 17.5 Å². The first-order valence-corrected chi connectivity index (χ1v) is 10.4. The zero-order valence-electron chi connectivity index (χ0n) is 18.2. The minimum atomic E-state index is -0.105. The Morgan fingerprint density at radius 1 is 1.03 bits per heavy atom. The zero-order valence-corrected chi connectivity index (χ0v) is 18.2. The van der Waals surface area contributed by atoms with E-state index in [0.717, 1.165) is 33.3 Å². The van der Waals surface area contributed by atoms with Crippen molar-refractivity contribution in [1.82, 2.24) is 4.57 Å². The van der Waals surface area contributed by atoms with E-state index in [9.17, 15) is 4.79 Å². The van der Waals surface area contributed by atoms with E-state index in [1.54, 1.807) is 13.2 Å². The highest BCUT2D eigenvalue weighted by Crippen LogP contribution is 2.38. The molecular weight excluding hydrogens is 402 g/mol. The average Bonchev–Trinajstić information content (AvgIpc) is 3.29. The van der Waals surface area contributed by atoms with Crippen molar-refractivity contribution in [1.29, 1.82) is 0 Å². The highest BCUT2D eigenvalue weighted by molar-refractivity contribution is 6.16. The lowest BCUT2D eigenvalue weighted by atomic mass is 10.0. The largest absolute Gasteiger partial charge is 0.497 e. The fourth-order valence-corrected chi connectivity index (χ4v) is 4.08. The molecule has 0 spiro atoms. The molecule has 32 heavy (non-hydrogen) atoms. The molecule has 0 fully saturated rings. The number of ether oxygens (including phenoxy) is 3. The Bertz CT molecular complexity index is 1360. The van der Waals surface area contributed by atoms with E-state index in [4.69, 9.17) is 14.2 Å². The second-order valence-corrected chi connectivity index (χ2v) is 7.90. The van der Waals surface area contributed by atoms with E-state index >= 15 is 0 Å². The number of hydrogen-bond donors (Lipinski definition) is 0. The van der Waals surface area contributed by atoms with Crippen LogP contribution in [0.5, 0.6) is 17.2 Å². The highest BCUT2D eigenvalue weighted by Gasteiger charge is 2.30. The summed E-state index contributed by atoms with van der Waals surface area (Å²) in [6, 6.07) is 19.5. The van der Waals surface area contributed by atoms with Crippen molar-refractivity contribution in [2.45, 2.75) is 13.5 Å². The lowest BCUT2D eigenvalue weighted by Gasteiger charge is -2.09. The normalized spacial score (nSPS) is 14.0. The number of benzene rings is 3. The number of Topliss-reactive ketones (excluding diaryl/α,β-unsaturated/α-hetero) is 1. The number of hydrogen-bond acceptors (Lipinski definition) is 4. The molecule has 0 bridgehead atoms. The van der Waals surface area contributed by atoms with Crippen LogP contribution in [0.2, 0.25) is 0 Å². The van der Waals surface area contributed by atoms with E-state index in [-0.39, 0.29) is 5.78 Å². The van der Waals surface area contributed by atoms with Crippen LogP contribution in [0.1, 0.15) is 27.0 Å². The van der Waals surface area contributed by atoms with Crippen molar-refractivity contribution in [3.05, 3.63) is 94.9 Å². The number of methoxy groups -OCH3 is 1. The zero-order chi connectivity index (χ0) is 22.2. The van der Waals surface area contributed by atoms with E-state index in [1.807, 2.05) is 79.3 Å². The summed E-state index contributed by atoms with van der Waals surface area (Å²) in [4.78, 5) is 13.1. The molecule has 1 aromatic heterocycles. The van der Waals surface area contributed by atoms with Gasteiger partial charge in [0.1, 0.15) is 23.9 Å². The van der Waals surface area contributed by atoms with Crippen molar-refractivity contribution in [2.24, 2.45) is 7.05 Å². The van der Waals surface area contributed by atoms with Crippen LogP contribution in [0.25, 0.3) is 17.0 Å². The van der Waals surface area contributed by atoms with Gasteiger partial charge in [0, 0.05) is 35.8 Å². The van der Waals surface area contributed by atoms with Crippen molar-refractivity contribution in [3.63, 3.8) is 0 Å². The number of ketones is 1. The second kappa shape index (κ2) is 7.93. The topological polar surface area (TPSA) is 49.7 Å². The average molecular weight is 425 g/mol. The van der Waals surface area contributed by atoms with Gasteiger partial charge < -0.3 is 18.8 Å². The van der Waals surface area contributed by atoms with Crippen molar-refractivity contribution >= 4 is 22.8 Å². The molecule has 0 unspecified atom stereocenters. The van der Waals surface area contributed by atoms with Crippen LogP contribution < -0.4 is 14.2 Å². The first-order valence-electron chi connectivity index (χ1n) is 10.4. The minimum Gasteiger partial charge on any atom is -0.497 e. The van der Waals surface area contributed by atoms with Gasteiger partial charge in [0.2, 0.25) is 5.78 Å². The van der Waals surface area contributed by atoms with Gasteiger partial charge in [0.25, 0.3) is 0 Å². The lowest BCUT2D eigenvalue weighted by Crippen LogP contribution is -2.00. The van der Waals surface area contributed by atoms with E-state index < -0.39 is 0 Å². The summed E-state index contributed by atoms with van der Waals surface area (Å²) >= 11 is 0. The minimum absolute atomic E-state index is 0.105. The molecule has 3 aromatic carbocycles. The number of rotatable bonds is 5. The first kappa shape index (κ1) is 19.9. The Hall–Kier alpha value is -3.99. The Balaban J connectivity index is 1.40. The standard InChI is InChI=1S/C27H23NO4/c1-17-12-21(31-16-18-8-10-20(30-3)11-9-18)14-24-26(17)27(29)25(32-24)13-19-15-28(2)23-7-5-4-6-22(19)23/h4-15H,16H2,1-3H3/b25-13-. The van der Waals surface area contributed by atoms with Gasteiger partial charge in [0.15, 0.2) is 5.76 Å². The van der Waals surface area contributed by atoms with E-state index in [2.05, 4.69) is 6.07 Å². The summed E-state index contributed by atoms with van der Waals surface area (Å²) in [6.07, 6.45) is 3.83. The molecule has 0 atom stereocenters. The van der Waals surface area contributed by atoms with Gasteiger partial charge in [-0.15, -0.1) is 0 Å². The first-order chi connectivity index (χ1) is 15.5. The third kappa shape index (κ3) is 3.52. The van der Waals surface area contributed by atoms with Crippen LogP contribution in [0, 0.1) is 6.92 Å². The fraction of sp³-hybridized carbons (Fsp3) is 0.148. The summed E-state index contributed by atoms with van der Waals surface area (Å²) < 4.78 is 19.2. The van der Waals surface area contributed by atoms with Crippen molar-refractivity contribution in [3.8, 4) is 17.2 Å². The smallest absolute Gasteiger partial charge is 0.232 e. The lowest BCUT2D eigenvalue weighted by molar-refractivity contribution is 0.101. The molecule has 0 saturated carbocycles. The van der Waals surface area contributed by atoms with Gasteiger partial charge in [-0.25, -0.2) is 0 Å². The molecule has 5 rings (SSSR count). The molecule has 0 amide bonds. The molecule has 2 heterocycles. The van der Waals surface area contributed by atoms with Gasteiger partial charge in [-0.05, 0) is 48.4 Å². The molecular formula is C27H23NO4. The van der Waals surface area contributed by atoms with Gasteiger partial charge in [0.05, 0.1) is 12.7 Å². The van der Waals surface area contributed by atoms with Crippen LogP contribution in [0.4, 0.5) is 0 Å². The Morgan fingerprint density at radius 2 is 1.81 bits per heavy atom. The number of nitrogens with zero attached hydrogens (tertiary/aromatic N) is 1. The molecule has 0 saturated heterocycles. The summed E-state index contributed by atoms with van der Waals surface area (Å²) in [7, 11) is 3.64. The Morgan fingerprint density at radius 3 is 2.59 bits per heavy atom. The highest BCUT2D eigenvalue weighted by atomic mass is 16.5. The third-order valence-electron chi connectivity index (χ3n) is 5.72. The number of carbonyl (C=O) groups is 1. The predicted octanol–water partition coefficient (Wildman–Crippen LogP) is 5.69. The molecule has 1 aliphatic rings. The number of allylic oxidation sites excluding steroid dienone is 1. The molecule has 5 heteroatoms. The summed E-state index contributed by atoms with van der Waals surface area (Å²) in [6.45, 7) is 2.32. The number of aromatic nitrogens is 1. The Labute approximate surface area is 186 Å². The number of para-hydroxylation sites is 1. The summed E-state index contributed by atoms with van der Waals surface area (Å²) in [5.74, 6) is 2.22. The summed E-state index contributed by atoms with van der Waals surface area (Å²) in [5, 5.41) is 1.08.